The predicted octanol–water partition coefficient (Wildman–Crippen LogP) is 0.566. The van der Waals surface area contributed by atoms with Crippen LogP contribution in [0.1, 0.15) is 13.8 Å². The zero-order valence-corrected chi connectivity index (χ0v) is 10.8. The highest BCUT2D eigenvalue weighted by atomic mass is 32.2. The number of hydrogen-bond donors (Lipinski definition) is 3. The molecule has 4 N–H and O–H groups in total. The largest absolute Gasteiger partial charge is 0.398 e. The molecule has 0 saturated heterocycles. The molecule has 1 aromatic rings. The van der Waals surface area contributed by atoms with Crippen LogP contribution in [0.3, 0.4) is 0 Å². The molecule has 1 rings (SSSR count). The summed E-state index contributed by atoms with van der Waals surface area (Å²) >= 11 is 0. The summed E-state index contributed by atoms with van der Waals surface area (Å²) in [5, 5.41) is 9.06. The number of sulfonamides is 1. The minimum atomic E-state index is -3.62. The number of anilines is 1. The van der Waals surface area contributed by atoms with Crippen LogP contribution in [0.15, 0.2) is 29.2 Å². The molecule has 0 fully saturated rings. The van der Waals surface area contributed by atoms with Crippen LogP contribution in [-0.2, 0) is 10.0 Å². The molecule has 6 heteroatoms. The Morgan fingerprint density at radius 3 is 2.47 bits per heavy atom. The number of nitrogens with one attached hydrogen (secondary N) is 1. The van der Waals surface area contributed by atoms with Crippen LogP contribution >= 0.6 is 0 Å². The number of para-hydroxylation sites is 1. The first-order chi connectivity index (χ1) is 7.78. The topological polar surface area (TPSA) is 92.4 Å². The van der Waals surface area contributed by atoms with Crippen molar-refractivity contribution in [3.05, 3.63) is 24.3 Å². The van der Waals surface area contributed by atoms with Gasteiger partial charge < -0.3 is 10.8 Å². The molecule has 0 heterocycles. The van der Waals surface area contributed by atoms with Crippen molar-refractivity contribution in [2.75, 3.05) is 18.9 Å². The van der Waals surface area contributed by atoms with Gasteiger partial charge in [0.2, 0.25) is 10.0 Å². The smallest absolute Gasteiger partial charge is 0.242 e. The van der Waals surface area contributed by atoms with Crippen LogP contribution in [-0.4, -0.2) is 26.7 Å². The van der Waals surface area contributed by atoms with E-state index in [-0.39, 0.29) is 23.7 Å². The molecule has 0 aliphatic rings. The van der Waals surface area contributed by atoms with Gasteiger partial charge in [-0.25, -0.2) is 13.1 Å². The van der Waals surface area contributed by atoms with Crippen molar-refractivity contribution in [1.82, 2.24) is 4.72 Å². The highest BCUT2D eigenvalue weighted by molar-refractivity contribution is 7.89. The van der Waals surface area contributed by atoms with Gasteiger partial charge in [-0.15, -0.1) is 0 Å². The third-order valence-electron chi connectivity index (χ3n) is 2.38. The van der Waals surface area contributed by atoms with Gasteiger partial charge in [0, 0.05) is 18.6 Å². The molecule has 5 nitrogen and oxygen atoms in total. The second-order valence-corrected chi connectivity index (χ2v) is 6.42. The summed E-state index contributed by atoms with van der Waals surface area (Å²) in [7, 11) is -3.62. The van der Waals surface area contributed by atoms with Crippen molar-refractivity contribution in [2.24, 2.45) is 5.41 Å². The lowest BCUT2D eigenvalue weighted by Crippen LogP contribution is -2.36. The molecule has 0 aliphatic heterocycles. The number of aliphatic hydroxyl groups is 1. The van der Waals surface area contributed by atoms with Gasteiger partial charge in [0.05, 0.1) is 5.69 Å². The van der Waals surface area contributed by atoms with Gasteiger partial charge in [-0.1, -0.05) is 26.0 Å². The maximum absolute atomic E-state index is 11.9. The van der Waals surface area contributed by atoms with E-state index >= 15 is 0 Å². The molecular weight excluding hydrogens is 240 g/mol. The Hall–Kier alpha value is -1.11. The summed E-state index contributed by atoms with van der Waals surface area (Å²) in [4.78, 5) is 0.0636. The number of hydrogen-bond acceptors (Lipinski definition) is 4. The van der Waals surface area contributed by atoms with Crippen molar-refractivity contribution in [2.45, 2.75) is 18.7 Å². The van der Waals surface area contributed by atoms with Gasteiger partial charge >= 0.3 is 0 Å². The Morgan fingerprint density at radius 1 is 1.35 bits per heavy atom. The standard InChI is InChI=1S/C11H18N2O3S/c1-11(2,8-14)7-13-17(15,16)10-6-4-3-5-9(10)12/h3-6,13-14H,7-8,12H2,1-2H3. The van der Waals surface area contributed by atoms with E-state index in [2.05, 4.69) is 4.72 Å². The molecule has 96 valence electrons. The second kappa shape index (κ2) is 5.03. The van der Waals surface area contributed by atoms with Crippen molar-refractivity contribution in [3.8, 4) is 0 Å². The molecule has 0 bridgehead atoms. The summed E-state index contributed by atoms with van der Waals surface area (Å²) in [6.07, 6.45) is 0. The van der Waals surface area contributed by atoms with Gasteiger partial charge in [0.15, 0.2) is 0 Å². The summed E-state index contributed by atoms with van der Waals surface area (Å²) in [5.74, 6) is 0. The molecular formula is C11H18N2O3S. The number of aliphatic hydroxyl groups excluding tert-OH is 1. The van der Waals surface area contributed by atoms with E-state index in [1.165, 1.54) is 12.1 Å². The molecule has 0 saturated carbocycles. The molecule has 0 unspecified atom stereocenters. The monoisotopic (exact) mass is 258 g/mol. The van der Waals surface area contributed by atoms with Crippen molar-refractivity contribution >= 4 is 15.7 Å². The van der Waals surface area contributed by atoms with Crippen LogP contribution in [0.25, 0.3) is 0 Å². The fourth-order valence-electron chi connectivity index (χ4n) is 1.15. The van der Waals surface area contributed by atoms with Crippen LogP contribution in [0, 0.1) is 5.41 Å². The number of benzene rings is 1. The van der Waals surface area contributed by atoms with E-state index in [9.17, 15) is 8.42 Å². The maximum Gasteiger partial charge on any atom is 0.242 e. The molecule has 0 radical (unpaired) electrons. The van der Waals surface area contributed by atoms with Crippen LogP contribution in [0.4, 0.5) is 5.69 Å². The average molecular weight is 258 g/mol. The van der Waals surface area contributed by atoms with Gasteiger partial charge in [0.25, 0.3) is 0 Å². The van der Waals surface area contributed by atoms with E-state index in [0.29, 0.717) is 0 Å². The Morgan fingerprint density at radius 2 is 1.94 bits per heavy atom. The van der Waals surface area contributed by atoms with Crippen LogP contribution in [0.2, 0.25) is 0 Å². The quantitative estimate of drug-likeness (QED) is 0.673. The Balaban J connectivity index is 2.88. The van der Waals surface area contributed by atoms with E-state index in [4.69, 9.17) is 10.8 Å². The third-order valence-corrected chi connectivity index (χ3v) is 3.85. The molecule has 0 atom stereocenters. The predicted molar refractivity (Wildman–Crippen MR) is 66.9 cm³/mol. The lowest BCUT2D eigenvalue weighted by atomic mass is 9.96. The highest BCUT2D eigenvalue weighted by Gasteiger charge is 2.22. The normalized spacial score (nSPS) is 12.6. The van der Waals surface area contributed by atoms with Crippen molar-refractivity contribution in [3.63, 3.8) is 0 Å². The van der Waals surface area contributed by atoms with Gasteiger partial charge in [-0.3, -0.25) is 0 Å². The van der Waals surface area contributed by atoms with Crippen LogP contribution < -0.4 is 10.5 Å². The van der Waals surface area contributed by atoms with Crippen molar-refractivity contribution in [1.29, 1.82) is 0 Å². The number of nitrogens with two attached hydrogens (primary N) is 1. The molecule has 1 aromatic carbocycles. The fourth-order valence-corrected chi connectivity index (χ4v) is 2.52. The van der Waals surface area contributed by atoms with Gasteiger partial charge in [0.1, 0.15) is 4.90 Å². The summed E-state index contributed by atoms with van der Waals surface area (Å²) < 4.78 is 26.3. The van der Waals surface area contributed by atoms with E-state index in [1.54, 1.807) is 26.0 Å². The van der Waals surface area contributed by atoms with E-state index in [0.717, 1.165) is 0 Å². The van der Waals surface area contributed by atoms with Crippen molar-refractivity contribution < 1.29 is 13.5 Å². The first-order valence-corrected chi connectivity index (χ1v) is 6.72. The summed E-state index contributed by atoms with van der Waals surface area (Å²) in [5.41, 5.74) is 5.32. The lowest BCUT2D eigenvalue weighted by Gasteiger charge is -2.22. The van der Waals surface area contributed by atoms with Gasteiger partial charge in [-0.2, -0.15) is 0 Å². The average Bonchev–Trinajstić information content (AvgIpc) is 2.27. The summed E-state index contributed by atoms with van der Waals surface area (Å²) in [6, 6.07) is 6.27. The zero-order chi connectivity index (χ0) is 13.1. The minimum Gasteiger partial charge on any atom is -0.398 e. The Kier molecular flexibility index (Phi) is 4.13. The first kappa shape index (κ1) is 14.0. The van der Waals surface area contributed by atoms with Crippen LogP contribution in [0.5, 0.6) is 0 Å². The molecule has 0 aliphatic carbocycles. The molecule has 0 spiro atoms. The van der Waals surface area contributed by atoms with E-state index in [1.807, 2.05) is 0 Å². The maximum atomic E-state index is 11.9. The second-order valence-electron chi connectivity index (χ2n) is 4.68. The molecule has 17 heavy (non-hydrogen) atoms. The first-order valence-electron chi connectivity index (χ1n) is 5.23. The molecule has 0 aromatic heterocycles. The number of nitrogen functional groups attached to an aromatic ring is 1. The lowest BCUT2D eigenvalue weighted by molar-refractivity contribution is 0.163. The van der Waals surface area contributed by atoms with Gasteiger partial charge in [-0.05, 0) is 12.1 Å². The van der Waals surface area contributed by atoms with E-state index < -0.39 is 15.4 Å². The highest BCUT2D eigenvalue weighted by Crippen LogP contribution is 2.18. The third kappa shape index (κ3) is 3.69. The summed E-state index contributed by atoms with van der Waals surface area (Å²) in [6.45, 7) is 3.59. The number of rotatable bonds is 5. The molecule has 0 amide bonds. The SMILES string of the molecule is CC(C)(CO)CNS(=O)(=O)c1ccccc1N. The Labute approximate surface area is 102 Å². The minimum absolute atomic E-state index is 0.0636. The Bertz CT molecular complexity index is 483. The zero-order valence-electron chi connectivity index (χ0n) is 9.97. The fraction of sp³-hybridized carbons (Fsp3) is 0.455.